The Morgan fingerprint density at radius 3 is 2.46 bits per heavy atom. The topological polar surface area (TPSA) is 26.3 Å². The zero-order chi connectivity index (χ0) is 10.1. The first-order chi connectivity index (χ1) is 6.13. The molecule has 0 aliphatic heterocycles. The van der Waals surface area contributed by atoms with Crippen LogP contribution in [0.2, 0.25) is 0 Å². The van der Waals surface area contributed by atoms with Gasteiger partial charge < -0.3 is 9.53 Å². The van der Waals surface area contributed by atoms with E-state index in [9.17, 15) is 4.79 Å². The molecule has 0 radical (unpaired) electrons. The Morgan fingerprint density at radius 2 is 1.92 bits per heavy atom. The molecule has 0 saturated carbocycles. The number of ether oxygens (including phenoxy) is 1. The fraction of sp³-hybridized carbons (Fsp3) is 0.909. The monoisotopic (exact) mass is 186 g/mol. The minimum atomic E-state index is 0.280. The van der Waals surface area contributed by atoms with Crippen LogP contribution in [0.1, 0.15) is 46.5 Å². The van der Waals surface area contributed by atoms with E-state index in [0.29, 0.717) is 6.42 Å². The van der Waals surface area contributed by atoms with Crippen molar-refractivity contribution in [2.75, 3.05) is 13.2 Å². The molecule has 0 saturated heterocycles. The highest BCUT2D eigenvalue weighted by Gasteiger charge is 1.95. The zero-order valence-corrected chi connectivity index (χ0v) is 9.14. The minimum absolute atomic E-state index is 0.280. The fourth-order valence-corrected chi connectivity index (χ4v) is 0.999. The lowest BCUT2D eigenvalue weighted by Crippen LogP contribution is -2.01. The second-order valence-electron chi connectivity index (χ2n) is 3.95. The standard InChI is InChI=1S/C11H22O2/c1-10(2)7-9-13-8-5-4-6-11(3)12/h10H,4-9H2,1-3H3. The number of carbonyl (C=O) groups is 1. The second-order valence-corrected chi connectivity index (χ2v) is 3.95. The van der Waals surface area contributed by atoms with Crippen LogP contribution in [0.4, 0.5) is 0 Å². The number of rotatable bonds is 8. The Bertz CT molecular complexity index is 130. The molecular formula is C11H22O2. The van der Waals surface area contributed by atoms with Gasteiger partial charge in [-0.15, -0.1) is 0 Å². The van der Waals surface area contributed by atoms with E-state index < -0.39 is 0 Å². The van der Waals surface area contributed by atoms with E-state index in [-0.39, 0.29) is 5.78 Å². The van der Waals surface area contributed by atoms with Gasteiger partial charge in [0.1, 0.15) is 5.78 Å². The maximum Gasteiger partial charge on any atom is 0.129 e. The molecule has 0 rings (SSSR count). The van der Waals surface area contributed by atoms with Crippen LogP contribution in [0, 0.1) is 5.92 Å². The predicted octanol–water partition coefficient (Wildman–Crippen LogP) is 2.81. The van der Waals surface area contributed by atoms with Gasteiger partial charge in [0.05, 0.1) is 0 Å². The Hall–Kier alpha value is -0.370. The van der Waals surface area contributed by atoms with E-state index in [1.165, 1.54) is 0 Å². The molecule has 0 aliphatic carbocycles. The summed E-state index contributed by atoms with van der Waals surface area (Å²) in [6, 6.07) is 0. The molecule has 0 heterocycles. The molecule has 0 aromatic carbocycles. The second kappa shape index (κ2) is 8.24. The molecule has 0 spiro atoms. The number of hydrogen-bond donors (Lipinski definition) is 0. The Labute approximate surface area is 81.7 Å². The molecule has 0 aromatic rings. The van der Waals surface area contributed by atoms with Crippen LogP contribution >= 0.6 is 0 Å². The van der Waals surface area contributed by atoms with Gasteiger partial charge in [-0.1, -0.05) is 13.8 Å². The Morgan fingerprint density at radius 1 is 1.23 bits per heavy atom. The number of Topliss-reactive ketones (excluding diaryl/α,β-unsaturated/α-hetero) is 1. The fourth-order valence-electron chi connectivity index (χ4n) is 0.999. The van der Waals surface area contributed by atoms with E-state index in [2.05, 4.69) is 13.8 Å². The van der Waals surface area contributed by atoms with Gasteiger partial charge in [-0.3, -0.25) is 0 Å². The van der Waals surface area contributed by atoms with E-state index in [1.807, 2.05) is 0 Å². The smallest absolute Gasteiger partial charge is 0.129 e. The Balaban J connectivity index is 2.96. The molecular weight excluding hydrogens is 164 g/mol. The van der Waals surface area contributed by atoms with Crippen LogP contribution in [-0.2, 0) is 9.53 Å². The number of hydrogen-bond acceptors (Lipinski definition) is 2. The first-order valence-corrected chi connectivity index (χ1v) is 5.20. The third kappa shape index (κ3) is 11.6. The highest BCUT2D eigenvalue weighted by molar-refractivity contribution is 5.75. The van der Waals surface area contributed by atoms with Crippen LogP contribution in [0.15, 0.2) is 0 Å². The summed E-state index contributed by atoms with van der Waals surface area (Å²) in [5.74, 6) is 0.999. The lowest BCUT2D eigenvalue weighted by Gasteiger charge is -2.05. The maximum absolute atomic E-state index is 10.6. The summed E-state index contributed by atoms with van der Waals surface area (Å²) in [4.78, 5) is 10.6. The summed E-state index contributed by atoms with van der Waals surface area (Å²) in [7, 11) is 0. The first-order valence-electron chi connectivity index (χ1n) is 5.20. The van der Waals surface area contributed by atoms with Crippen LogP contribution in [0.5, 0.6) is 0 Å². The summed E-state index contributed by atoms with van der Waals surface area (Å²) in [6.07, 6.45) is 3.81. The summed E-state index contributed by atoms with van der Waals surface area (Å²) in [5, 5.41) is 0. The van der Waals surface area contributed by atoms with Crippen molar-refractivity contribution in [2.24, 2.45) is 5.92 Å². The minimum Gasteiger partial charge on any atom is -0.381 e. The summed E-state index contributed by atoms with van der Waals surface area (Å²) in [6.45, 7) is 7.69. The first kappa shape index (κ1) is 12.6. The van der Waals surface area contributed by atoms with Crippen LogP contribution in [0.25, 0.3) is 0 Å². The van der Waals surface area contributed by atoms with Crippen molar-refractivity contribution < 1.29 is 9.53 Å². The highest BCUT2D eigenvalue weighted by atomic mass is 16.5. The third-order valence-corrected chi connectivity index (χ3v) is 1.91. The SMILES string of the molecule is CC(=O)CCCCOCCC(C)C. The zero-order valence-electron chi connectivity index (χ0n) is 9.14. The number of unbranched alkanes of at least 4 members (excludes halogenated alkanes) is 1. The predicted molar refractivity (Wildman–Crippen MR) is 54.8 cm³/mol. The Kier molecular flexibility index (Phi) is 8.00. The largest absolute Gasteiger partial charge is 0.381 e. The average molecular weight is 186 g/mol. The quantitative estimate of drug-likeness (QED) is 0.545. The normalized spacial score (nSPS) is 10.8. The van der Waals surface area contributed by atoms with Crippen molar-refractivity contribution in [1.82, 2.24) is 0 Å². The molecule has 13 heavy (non-hydrogen) atoms. The molecule has 0 atom stereocenters. The molecule has 2 nitrogen and oxygen atoms in total. The van der Waals surface area contributed by atoms with Crippen LogP contribution in [-0.4, -0.2) is 19.0 Å². The van der Waals surface area contributed by atoms with Gasteiger partial charge in [-0.05, 0) is 32.1 Å². The van der Waals surface area contributed by atoms with Gasteiger partial charge in [-0.2, -0.15) is 0 Å². The van der Waals surface area contributed by atoms with Gasteiger partial charge in [0.15, 0.2) is 0 Å². The molecule has 78 valence electrons. The van der Waals surface area contributed by atoms with Crippen molar-refractivity contribution in [3.8, 4) is 0 Å². The molecule has 2 heteroatoms. The van der Waals surface area contributed by atoms with Crippen molar-refractivity contribution >= 4 is 5.78 Å². The van der Waals surface area contributed by atoms with E-state index in [0.717, 1.165) is 38.4 Å². The van der Waals surface area contributed by atoms with Crippen LogP contribution in [0.3, 0.4) is 0 Å². The maximum atomic E-state index is 10.6. The number of ketones is 1. The third-order valence-electron chi connectivity index (χ3n) is 1.91. The van der Waals surface area contributed by atoms with Crippen molar-refractivity contribution in [2.45, 2.75) is 46.5 Å². The van der Waals surface area contributed by atoms with Gasteiger partial charge in [0, 0.05) is 19.6 Å². The molecule has 0 N–H and O–H groups in total. The van der Waals surface area contributed by atoms with E-state index in [1.54, 1.807) is 6.92 Å². The lowest BCUT2D eigenvalue weighted by molar-refractivity contribution is -0.117. The summed E-state index contributed by atoms with van der Waals surface area (Å²) < 4.78 is 5.41. The summed E-state index contributed by atoms with van der Waals surface area (Å²) in [5.41, 5.74) is 0. The molecule has 0 aliphatic rings. The molecule has 0 fully saturated rings. The molecule has 0 unspecified atom stereocenters. The highest BCUT2D eigenvalue weighted by Crippen LogP contribution is 2.01. The summed E-state index contributed by atoms with van der Waals surface area (Å²) >= 11 is 0. The molecule has 0 amide bonds. The van der Waals surface area contributed by atoms with E-state index >= 15 is 0 Å². The van der Waals surface area contributed by atoms with Gasteiger partial charge >= 0.3 is 0 Å². The van der Waals surface area contributed by atoms with Crippen molar-refractivity contribution in [3.05, 3.63) is 0 Å². The van der Waals surface area contributed by atoms with Crippen molar-refractivity contribution in [3.63, 3.8) is 0 Å². The van der Waals surface area contributed by atoms with Gasteiger partial charge in [0.25, 0.3) is 0 Å². The van der Waals surface area contributed by atoms with Crippen molar-refractivity contribution in [1.29, 1.82) is 0 Å². The van der Waals surface area contributed by atoms with E-state index in [4.69, 9.17) is 4.74 Å². The molecule has 0 aromatic heterocycles. The van der Waals surface area contributed by atoms with Gasteiger partial charge in [-0.25, -0.2) is 0 Å². The van der Waals surface area contributed by atoms with Crippen LogP contribution < -0.4 is 0 Å². The molecule has 0 bridgehead atoms. The van der Waals surface area contributed by atoms with Gasteiger partial charge in [0.2, 0.25) is 0 Å². The lowest BCUT2D eigenvalue weighted by atomic mass is 10.1. The number of carbonyl (C=O) groups excluding carboxylic acids is 1. The average Bonchev–Trinajstić information content (AvgIpc) is 2.01.